The van der Waals surface area contributed by atoms with E-state index < -0.39 is 0 Å². The highest BCUT2D eigenvalue weighted by atomic mass is 16.1. The molecular weight excluding hydrogens is 168 g/mol. The normalized spacial score (nSPS) is 11.4. The maximum Gasteiger partial charge on any atom is 0.252 e. The van der Waals surface area contributed by atoms with Gasteiger partial charge in [0.05, 0.1) is 5.69 Å². The number of nitrogens with one attached hydrogen (secondary N) is 2. The van der Waals surface area contributed by atoms with Gasteiger partial charge in [0.25, 0.3) is 5.56 Å². The van der Waals surface area contributed by atoms with Crippen molar-refractivity contribution in [2.75, 3.05) is 5.43 Å². The molecule has 1 heterocycles. The van der Waals surface area contributed by atoms with Crippen LogP contribution in [0.5, 0.6) is 0 Å². The molecule has 0 saturated carbocycles. The number of hydrogen-bond acceptors (Lipinski definition) is 4. The van der Waals surface area contributed by atoms with E-state index >= 15 is 0 Å². The van der Waals surface area contributed by atoms with Crippen molar-refractivity contribution in [3.8, 4) is 0 Å². The molecule has 0 spiro atoms. The molecule has 1 rings (SSSR count). The minimum atomic E-state index is -0.201. The van der Waals surface area contributed by atoms with Crippen LogP contribution < -0.4 is 16.8 Å². The number of hydrogen-bond donors (Lipinski definition) is 3. The first-order chi connectivity index (χ1) is 5.93. The van der Waals surface area contributed by atoms with E-state index in [1.54, 1.807) is 0 Å². The van der Waals surface area contributed by atoms with Crippen molar-refractivity contribution in [2.24, 2.45) is 5.84 Å². The summed E-state index contributed by atoms with van der Waals surface area (Å²) < 4.78 is 0. The molecule has 0 aromatic carbocycles. The summed E-state index contributed by atoms with van der Waals surface area (Å²) in [6.45, 7) is 5.94. The monoisotopic (exact) mass is 182 g/mol. The van der Waals surface area contributed by atoms with Gasteiger partial charge in [0, 0.05) is 11.5 Å². The van der Waals surface area contributed by atoms with Gasteiger partial charge in [-0.1, -0.05) is 20.8 Å². The average molecular weight is 182 g/mol. The summed E-state index contributed by atoms with van der Waals surface area (Å²) in [5, 5.41) is 0. The Labute approximate surface area is 76.4 Å². The maximum atomic E-state index is 11.1. The first-order valence-corrected chi connectivity index (χ1v) is 4.02. The van der Waals surface area contributed by atoms with Crippen LogP contribution in [0.25, 0.3) is 0 Å². The highest BCUT2D eigenvalue weighted by Crippen LogP contribution is 2.18. The molecule has 0 bridgehead atoms. The lowest BCUT2D eigenvalue weighted by atomic mass is 9.92. The minimum absolute atomic E-state index is 0.153. The molecule has 0 atom stereocenters. The first-order valence-electron chi connectivity index (χ1n) is 4.02. The molecule has 4 N–H and O–H groups in total. The predicted octanol–water partition coefficient (Wildman–Crippen LogP) is 0.353. The van der Waals surface area contributed by atoms with Crippen molar-refractivity contribution in [3.05, 3.63) is 22.1 Å². The molecule has 0 aliphatic rings. The molecule has 1 aromatic heterocycles. The van der Waals surface area contributed by atoms with Gasteiger partial charge >= 0.3 is 0 Å². The third-order valence-electron chi connectivity index (χ3n) is 1.65. The fourth-order valence-electron chi connectivity index (χ4n) is 0.910. The van der Waals surface area contributed by atoms with Gasteiger partial charge in [0.2, 0.25) is 5.95 Å². The average Bonchev–Trinajstić information content (AvgIpc) is 2.01. The van der Waals surface area contributed by atoms with Crippen LogP contribution in [0, 0.1) is 0 Å². The molecule has 0 aliphatic heterocycles. The number of anilines is 1. The largest absolute Gasteiger partial charge is 0.294 e. The first kappa shape index (κ1) is 9.73. The summed E-state index contributed by atoms with van der Waals surface area (Å²) in [6, 6.07) is 1.47. The van der Waals surface area contributed by atoms with Crippen molar-refractivity contribution in [2.45, 2.75) is 26.2 Å². The molecule has 0 aliphatic carbocycles. The predicted molar refractivity (Wildman–Crippen MR) is 51.4 cm³/mol. The second kappa shape index (κ2) is 3.18. The summed E-state index contributed by atoms with van der Waals surface area (Å²) in [6.07, 6.45) is 0. The van der Waals surface area contributed by atoms with Gasteiger partial charge < -0.3 is 0 Å². The highest BCUT2D eigenvalue weighted by Gasteiger charge is 2.16. The van der Waals surface area contributed by atoms with Crippen LogP contribution in [0.2, 0.25) is 0 Å². The van der Waals surface area contributed by atoms with Crippen LogP contribution in [0.15, 0.2) is 10.9 Å². The van der Waals surface area contributed by atoms with E-state index in [0.29, 0.717) is 5.69 Å². The molecule has 5 heteroatoms. The van der Waals surface area contributed by atoms with Gasteiger partial charge in [0.1, 0.15) is 0 Å². The molecular formula is C8H14N4O. The lowest BCUT2D eigenvalue weighted by molar-refractivity contribution is 0.566. The van der Waals surface area contributed by atoms with Gasteiger partial charge in [0.15, 0.2) is 0 Å². The van der Waals surface area contributed by atoms with E-state index in [2.05, 4.69) is 15.4 Å². The lowest BCUT2D eigenvalue weighted by Crippen LogP contribution is -2.22. The molecule has 0 amide bonds. The second-order valence-corrected chi connectivity index (χ2v) is 3.87. The van der Waals surface area contributed by atoms with Crippen LogP contribution >= 0.6 is 0 Å². The van der Waals surface area contributed by atoms with Gasteiger partial charge in [-0.2, -0.15) is 0 Å². The number of aromatic amines is 1. The number of hydrazine groups is 1. The molecule has 0 unspecified atom stereocenters. The van der Waals surface area contributed by atoms with Crippen molar-refractivity contribution < 1.29 is 0 Å². The number of rotatable bonds is 1. The van der Waals surface area contributed by atoms with Gasteiger partial charge in [-0.05, 0) is 0 Å². The quantitative estimate of drug-likeness (QED) is 0.432. The zero-order valence-corrected chi connectivity index (χ0v) is 8.01. The summed E-state index contributed by atoms with van der Waals surface area (Å²) in [4.78, 5) is 17.7. The van der Waals surface area contributed by atoms with E-state index in [0.717, 1.165) is 0 Å². The van der Waals surface area contributed by atoms with Crippen molar-refractivity contribution >= 4 is 5.95 Å². The number of aromatic nitrogens is 2. The third kappa shape index (κ3) is 2.29. The summed E-state index contributed by atoms with van der Waals surface area (Å²) >= 11 is 0. The minimum Gasteiger partial charge on any atom is -0.294 e. The number of nitrogen functional groups attached to an aromatic ring is 1. The van der Waals surface area contributed by atoms with E-state index in [-0.39, 0.29) is 16.9 Å². The number of H-pyrrole nitrogens is 1. The van der Waals surface area contributed by atoms with Crippen LogP contribution in [-0.2, 0) is 5.41 Å². The molecule has 72 valence electrons. The van der Waals surface area contributed by atoms with Crippen molar-refractivity contribution in [3.63, 3.8) is 0 Å². The van der Waals surface area contributed by atoms with E-state index in [1.807, 2.05) is 20.8 Å². The zero-order chi connectivity index (χ0) is 10.1. The van der Waals surface area contributed by atoms with Gasteiger partial charge in [-0.3, -0.25) is 15.2 Å². The van der Waals surface area contributed by atoms with Crippen LogP contribution in [-0.4, -0.2) is 9.97 Å². The van der Waals surface area contributed by atoms with Crippen LogP contribution in [0.3, 0.4) is 0 Å². The number of nitrogens with zero attached hydrogens (tertiary/aromatic N) is 1. The molecule has 0 saturated heterocycles. The molecule has 0 fully saturated rings. The third-order valence-corrected chi connectivity index (χ3v) is 1.65. The Morgan fingerprint density at radius 1 is 1.54 bits per heavy atom. The lowest BCUT2D eigenvalue weighted by Gasteiger charge is -2.17. The zero-order valence-electron chi connectivity index (χ0n) is 8.01. The van der Waals surface area contributed by atoms with Crippen LogP contribution in [0.4, 0.5) is 5.95 Å². The van der Waals surface area contributed by atoms with Gasteiger partial charge in [-0.25, -0.2) is 10.8 Å². The van der Waals surface area contributed by atoms with Gasteiger partial charge in [-0.15, -0.1) is 0 Å². The van der Waals surface area contributed by atoms with E-state index in [9.17, 15) is 4.79 Å². The SMILES string of the molecule is CC(C)(C)c1cc(=O)[nH]c(NN)n1. The Hall–Kier alpha value is -1.36. The Morgan fingerprint density at radius 3 is 2.62 bits per heavy atom. The van der Waals surface area contributed by atoms with Crippen molar-refractivity contribution in [1.82, 2.24) is 9.97 Å². The molecule has 0 radical (unpaired) electrons. The molecule has 5 nitrogen and oxygen atoms in total. The molecule has 1 aromatic rings. The molecule has 13 heavy (non-hydrogen) atoms. The number of nitrogens with two attached hydrogens (primary N) is 1. The summed E-state index contributed by atoms with van der Waals surface area (Å²) in [5.74, 6) is 5.44. The van der Waals surface area contributed by atoms with E-state index in [1.165, 1.54) is 6.07 Å². The fraction of sp³-hybridized carbons (Fsp3) is 0.500. The summed E-state index contributed by atoms with van der Waals surface area (Å²) in [5.41, 5.74) is 2.67. The maximum absolute atomic E-state index is 11.1. The standard InChI is InChI=1S/C8H14N4O/c1-8(2,3)5-4-6(13)11-7(10-5)12-9/h4H,9H2,1-3H3,(H2,10,11,12,13). The Balaban J connectivity index is 3.24. The Morgan fingerprint density at radius 2 is 2.15 bits per heavy atom. The Kier molecular flexibility index (Phi) is 2.38. The fourth-order valence-corrected chi connectivity index (χ4v) is 0.910. The van der Waals surface area contributed by atoms with E-state index in [4.69, 9.17) is 5.84 Å². The second-order valence-electron chi connectivity index (χ2n) is 3.87. The Bertz CT molecular complexity index is 350. The van der Waals surface area contributed by atoms with Crippen molar-refractivity contribution in [1.29, 1.82) is 0 Å². The highest BCUT2D eigenvalue weighted by molar-refractivity contribution is 5.25. The smallest absolute Gasteiger partial charge is 0.252 e. The topological polar surface area (TPSA) is 83.8 Å². The summed E-state index contributed by atoms with van der Waals surface area (Å²) in [7, 11) is 0. The van der Waals surface area contributed by atoms with Crippen LogP contribution in [0.1, 0.15) is 26.5 Å².